The maximum absolute atomic E-state index is 14.7. The monoisotopic (exact) mass is 466 g/mol. The number of alkyl halides is 5. The summed E-state index contributed by atoms with van der Waals surface area (Å²) in [4.78, 5) is 0. The van der Waals surface area contributed by atoms with Crippen molar-refractivity contribution in [3.63, 3.8) is 0 Å². The van der Waals surface area contributed by atoms with Crippen LogP contribution in [0.25, 0.3) is 11.1 Å². The molecule has 0 saturated heterocycles. The maximum Gasteiger partial charge on any atom is 0.461 e. The average molecular weight is 466 g/mol. The predicted molar refractivity (Wildman–Crippen MR) is 103 cm³/mol. The highest BCUT2D eigenvalue weighted by Gasteiger charge is 2.44. The molecule has 0 heterocycles. The molecule has 2 aromatic carbocycles. The van der Waals surface area contributed by atoms with E-state index in [2.05, 4.69) is 4.74 Å². The standard InChI is InChI=1S/C23H22F8O/c24-9-1-2-13-3-5-14(6-4-13)16-11-18(26)21(19(27)12-16)15-7-8-20(17(25)10-15)32-23(30,31)22(28)29/h7-8,10-14,22H,1-6,9H2. The van der Waals surface area contributed by atoms with Gasteiger partial charge in [0.15, 0.2) is 11.6 Å². The van der Waals surface area contributed by atoms with Crippen molar-refractivity contribution in [3.05, 3.63) is 53.3 Å². The van der Waals surface area contributed by atoms with Crippen molar-refractivity contribution in [3.8, 4) is 16.9 Å². The predicted octanol–water partition coefficient (Wildman–Crippen LogP) is 8.03. The molecular formula is C23H22F8O. The first-order valence-corrected chi connectivity index (χ1v) is 10.3. The molecule has 9 heteroatoms. The van der Waals surface area contributed by atoms with Crippen molar-refractivity contribution in [1.82, 2.24) is 0 Å². The molecule has 0 atom stereocenters. The minimum absolute atomic E-state index is 0.0567. The summed E-state index contributed by atoms with van der Waals surface area (Å²) < 4.78 is 110. The van der Waals surface area contributed by atoms with E-state index in [-0.39, 0.29) is 18.2 Å². The van der Waals surface area contributed by atoms with Gasteiger partial charge in [0, 0.05) is 0 Å². The molecule has 1 saturated carbocycles. The fourth-order valence-electron chi connectivity index (χ4n) is 4.18. The van der Waals surface area contributed by atoms with Gasteiger partial charge >= 0.3 is 12.5 Å². The third-order valence-electron chi connectivity index (χ3n) is 5.85. The van der Waals surface area contributed by atoms with Gasteiger partial charge in [0.05, 0.1) is 12.2 Å². The van der Waals surface area contributed by atoms with Crippen molar-refractivity contribution >= 4 is 0 Å². The zero-order valence-corrected chi connectivity index (χ0v) is 17.0. The summed E-state index contributed by atoms with van der Waals surface area (Å²) in [7, 11) is 0. The average Bonchev–Trinajstić information content (AvgIpc) is 2.73. The van der Waals surface area contributed by atoms with Crippen LogP contribution in [0.1, 0.15) is 50.0 Å². The van der Waals surface area contributed by atoms with Gasteiger partial charge in [-0.3, -0.25) is 4.39 Å². The highest BCUT2D eigenvalue weighted by atomic mass is 19.3. The Hall–Kier alpha value is -2.32. The Kier molecular flexibility index (Phi) is 7.67. The van der Waals surface area contributed by atoms with Gasteiger partial charge in [-0.1, -0.05) is 6.07 Å². The zero-order chi connectivity index (χ0) is 23.5. The Morgan fingerprint density at radius 2 is 1.53 bits per heavy atom. The van der Waals surface area contributed by atoms with Gasteiger partial charge in [-0.15, -0.1) is 0 Å². The fourth-order valence-corrected chi connectivity index (χ4v) is 4.18. The number of hydrogen-bond donors (Lipinski definition) is 0. The minimum Gasteiger partial charge on any atom is -0.425 e. The third-order valence-corrected chi connectivity index (χ3v) is 5.85. The van der Waals surface area contributed by atoms with E-state index in [9.17, 15) is 35.1 Å². The van der Waals surface area contributed by atoms with E-state index in [1.807, 2.05) is 0 Å². The first-order valence-electron chi connectivity index (χ1n) is 10.3. The summed E-state index contributed by atoms with van der Waals surface area (Å²) in [6, 6.07) is 4.41. The van der Waals surface area contributed by atoms with Crippen LogP contribution >= 0.6 is 0 Å². The van der Waals surface area contributed by atoms with Crippen molar-refractivity contribution in [2.75, 3.05) is 6.67 Å². The summed E-state index contributed by atoms with van der Waals surface area (Å²) in [5, 5.41) is 0. The highest BCUT2D eigenvalue weighted by Crippen LogP contribution is 2.40. The summed E-state index contributed by atoms with van der Waals surface area (Å²) in [6.07, 6.45) is -4.68. The van der Waals surface area contributed by atoms with Crippen LogP contribution in [0.3, 0.4) is 0 Å². The van der Waals surface area contributed by atoms with E-state index >= 15 is 0 Å². The van der Waals surface area contributed by atoms with Gasteiger partial charge in [0.2, 0.25) is 0 Å². The molecule has 0 spiro atoms. The first kappa shape index (κ1) is 24.3. The van der Waals surface area contributed by atoms with Gasteiger partial charge < -0.3 is 4.74 Å². The Morgan fingerprint density at radius 1 is 0.906 bits per heavy atom. The molecule has 1 nitrogen and oxygen atoms in total. The molecule has 2 aromatic rings. The molecule has 3 rings (SSSR count). The van der Waals surface area contributed by atoms with E-state index in [0.717, 1.165) is 37.5 Å². The second-order valence-corrected chi connectivity index (χ2v) is 8.02. The Morgan fingerprint density at radius 3 is 2.06 bits per heavy atom. The quantitative estimate of drug-likeness (QED) is 0.358. The lowest BCUT2D eigenvalue weighted by atomic mass is 9.77. The fraction of sp³-hybridized carbons (Fsp3) is 0.478. The number of benzene rings is 2. The Bertz CT molecular complexity index is 899. The summed E-state index contributed by atoms with van der Waals surface area (Å²) in [5.74, 6) is -4.19. The van der Waals surface area contributed by atoms with Crippen LogP contribution in [-0.4, -0.2) is 19.2 Å². The van der Waals surface area contributed by atoms with E-state index in [1.165, 1.54) is 0 Å². The molecule has 0 bridgehead atoms. The zero-order valence-electron chi connectivity index (χ0n) is 17.0. The SMILES string of the molecule is FCCCC1CCC(c2cc(F)c(-c3ccc(OC(F)(F)C(F)F)c(F)c3)c(F)c2)CC1. The maximum atomic E-state index is 14.7. The third kappa shape index (κ3) is 5.53. The second kappa shape index (κ2) is 10.1. The van der Waals surface area contributed by atoms with Crippen LogP contribution in [0.2, 0.25) is 0 Å². The van der Waals surface area contributed by atoms with Crippen LogP contribution in [0.5, 0.6) is 5.75 Å². The summed E-state index contributed by atoms with van der Waals surface area (Å²) in [6.45, 7) is -0.361. The number of hydrogen-bond acceptors (Lipinski definition) is 1. The molecule has 1 fully saturated rings. The Labute approximate surface area is 180 Å². The van der Waals surface area contributed by atoms with Crippen LogP contribution < -0.4 is 4.74 Å². The molecule has 1 aliphatic carbocycles. The highest BCUT2D eigenvalue weighted by molar-refractivity contribution is 5.66. The van der Waals surface area contributed by atoms with Crippen LogP contribution in [0.15, 0.2) is 30.3 Å². The van der Waals surface area contributed by atoms with Crippen molar-refractivity contribution in [2.45, 2.75) is 57.0 Å². The molecule has 0 N–H and O–H groups in total. The largest absolute Gasteiger partial charge is 0.461 e. The molecule has 176 valence electrons. The van der Waals surface area contributed by atoms with Gasteiger partial charge in [-0.25, -0.2) is 13.2 Å². The van der Waals surface area contributed by atoms with E-state index in [0.29, 0.717) is 42.9 Å². The molecule has 0 radical (unpaired) electrons. The molecule has 0 aliphatic heterocycles. The van der Waals surface area contributed by atoms with E-state index in [1.54, 1.807) is 0 Å². The van der Waals surface area contributed by atoms with E-state index in [4.69, 9.17) is 0 Å². The lowest BCUT2D eigenvalue weighted by Gasteiger charge is -2.29. The smallest absolute Gasteiger partial charge is 0.425 e. The van der Waals surface area contributed by atoms with Gasteiger partial charge in [0.1, 0.15) is 11.6 Å². The number of halogens is 8. The summed E-state index contributed by atoms with van der Waals surface area (Å²) in [5.41, 5.74) is -0.382. The van der Waals surface area contributed by atoms with Crippen LogP contribution in [0, 0.1) is 23.4 Å². The second-order valence-electron chi connectivity index (χ2n) is 8.02. The molecule has 1 aliphatic rings. The molecule has 0 amide bonds. The van der Waals surface area contributed by atoms with E-state index < -0.39 is 41.3 Å². The lowest BCUT2D eigenvalue weighted by molar-refractivity contribution is -0.254. The molecule has 0 unspecified atom stereocenters. The minimum atomic E-state index is -4.91. The first-order chi connectivity index (χ1) is 15.1. The van der Waals surface area contributed by atoms with Gasteiger partial charge in [-0.2, -0.15) is 17.6 Å². The molecule has 0 aromatic heterocycles. The van der Waals surface area contributed by atoms with Gasteiger partial charge in [-0.05, 0) is 85.8 Å². The summed E-state index contributed by atoms with van der Waals surface area (Å²) >= 11 is 0. The van der Waals surface area contributed by atoms with Crippen molar-refractivity contribution in [1.29, 1.82) is 0 Å². The molecule has 32 heavy (non-hydrogen) atoms. The van der Waals surface area contributed by atoms with Crippen molar-refractivity contribution in [2.24, 2.45) is 5.92 Å². The van der Waals surface area contributed by atoms with Crippen LogP contribution in [-0.2, 0) is 0 Å². The number of rotatable bonds is 8. The topological polar surface area (TPSA) is 9.23 Å². The molecular weight excluding hydrogens is 444 g/mol. The van der Waals surface area contributed by atoms with Gasteiger partial charge in [0.25, 0.3) is 0 Å². The lowest BCUT2D eigenvalue weighted by Crippen LogP contribution is -2.33. The Balaban J connectivity index is 1.78. The normalized spacial score (nSPS) is 19.4. The number of ether oxygens (including phenoxy) is 1. The van der Waals surface area contributed by atoms with Crippen LogP contribution in [0.4, 0.5) is 35.1 Å². The van der Waals surface area contributed by atoms with Crippen molar-refractivity contribution < 1.29 is 39.9 Å².